The Bertz CT molecular complexity index is 1020. The highest BCUT2D eigenvalue weighted by atomic mass is 32.1. The fourth-order valence-electron chi connectivity index (χ4n) is 3.27. The SMILES string of the molecule is CC(C)c1sc(COc2ccc3c(c2)OCC(C=O)=C3)cc1-c1ccccc1. The molecule has 1 aromatic heterocycles. The molecule has 0 atom stereocenters. The number of carbonyl (C=O) groups excluding carboxylic acids is 1. The van der Waals surface area contributed by atoms with Crippen molar-refractivity contribution in [2.24, 2.45) is 0 Å². The van der Waals surface area contributed by atoms with Gasteiger partial charge in [-0.3, -0.25) is 4.79 Å². The van der Waals surface area contributed by atoms with Crippen LogP contribution in [0.2, 0.25) is 0 Å². The minimum absolute atomic E-state index is 0.309. The van der Waals surface area contributed by atoms with Gasteiger partial charge < -0.3 is 9.47 Å². The molecule has 0 radical (unpaired) electrons. The molecular formula is C24H22O3S. The Hall–Kier alpha value is -2.85. The number of benzene rings is 2. The van der Waals surface area contributed by atoms with Crippen molar-refractivity contribution in [3.63, 3.8) is 0 Å². The molecular weight excluding hydrogens is 368 g/mol. The molecule has 0 bridgehead atoms. The molecule has 2 aromatic carbocycles. The highest BCUT2D eigenvalue weighted by Gasteiger charge is 2.15. The molecule has 2 heterocycles. The summed E-state index contributed by atoms with van der Waals surface area (Å²) in [7, 11) is 0. The lowest BCUT2D eigenvalue weighted by molar-refractivity contribution is -0.105. The first kappa shape index (κ1) is 18.5. The van der Waals surface area contributed by atoms with Gasteiger partial charge in [0.1, 0.15) is 31.0 Å². The van der Waals surface area contributed by atoms with Crippen LogP contribution in [0.4, 0.5) is 0 Å². The molecule has 0 saturated heterocycles. The van der Waals surface area contributed by atoms with Crippen molar-refractivity contribution in [3.05, 3.63) is 75.5 Å². The first-order valence-electron chi connectivity index (χ1n) is 9.37. The van der Waals surface area contributed by atoms with E-state index in [2.05, 4.69) is 44.2 Å². The molecule has 3 aromatic rings. The van der Waals surface area contributed by atoms with Crippen LogP contribution in [0.3, 0.4) is 0 Å². The second-order valence-electron chi connectivity index (χ2n) is 7.13. The summed E-state index contributed by atoms with van der Waals surface area (Å²) in [5, 5.41) is 0. The minimum atomic E-state index is 0.309. The van der Waals surface area contributed by atoms with Crippen molar-refractivity contribution < 1.29 is 14.3 Å². The monoisotopic (exact) mass is 390 g/mol. The lowest BCUT2D eigenvalue weighted by Crippen LogP contribution is -2.08. The lowest BCUT2D eigenvalue weighted by Gasteiger charge is -2.16. The van der Waals surface area contributed by atoms with Crippen LogP contribution in [0, 0.1) is 0 Å². The van der Waals surface area contributed by atoms with Crippen LogP contribution in [0.1, 0.15) is 35.1 Å². The largest absolute Gasteiger partial charge is 0.488 e. The van der Waals surface area contributed by atoms with Crippen molar-refractivity contribution in [2.45, 2.75) is 26.4 Å². The van der Waals surface area contributed by atoms with Gasteiger partial charge >= 0.3 is 0 Å². The van der Waals surface area contributed by atoms with E-state index >= 15 is 0 Å². The highest BCUT2D eigenvalue weighted by molar-refractivity contribution is 7.12. The molecule has 4 heteroatoms. The number of ether oxygens (including phenoxy) is 2. The van der Waals surface area contributed by atoms with Crippen LogP contribution in [0.15, 0.2) is 60.2 Å². The van der Waals surface area contributed by atoms with Gasteiger partial charge in [0.15, 0.2) is 0 Å². The molecule has 0 amide bonds. The van der Waals surface area contributed by atoms with Crippen LogP contribution in [0.5, 0.6) is 11.5 Å². The molecule has 4 rings (SSSR count). The van der Waals surface area contributed by atoms with Gasteiger partial charge in [0, 0.05) is 27.0 Å². The Labute approximate surface area is 169 Å². The van der Waals surface area contributed by atoms with E-state index in [0.29, 0.717) is 24.7 Å². The maximum atomic E-state index is 10.9. The topological polar surface area (TPSA) is 35.5 Å². The van der Waals surface area contributed by atoms with Gasteiger partial charge in [0.05, 0.1) is 0 Å². The molecule has 0 unspecified atom stereocenters. The molecule has 0 N–H and O–H groups in total. The van der Waals surface area contributed by atoms with Gasteiger partial charge in [0.25, 0.3) is 0 Å². The normalized spacial score (nSPS) is 12.9. The van der Waals surface area contributed by atoms with Crippen LogP contribution >= 0.6 is 11.3 Å². The number of aldehydes is 1. The smallest absolute Gasteiger partial charge is 0.149 e. The highest BCUT2D eigenvalue weighted by Crippen LogP contribution is 2.37. The summed E-state index contributed by atoms with van der Waals surface area (Å²) in [6, 6.07) is 18.5. The first-order chi connectivity index (χ1) is 13.6. The number of carbonyl (C=O) groups is 1. The third-order valence-electron chi connectivity index (χ3n) is 4.67. The number of hydrogen-bond donors (Lipinski definition) is 0. The molecule has 1 aliphatic heterocycles. The summed E-state index contributed by atoms with van der Waals surface area (Å²) in [6.07, 6.45) is 2.69. The predicted octanol–water partition coefficient (Wildman–Crippen LogP) is 6.09. The Balaban J connectivity index is 1.53. The first-order valence-corrected chi connectivity index (χ1v) is 10.2. The van der Waals surface area contributed by atoms with Crippen LogP contribution in [-0.2, 0) is 11.4 Å². The number of fused-ring (bicyclic) bond motifs is 1. The summed E-state index contributed by atoms with van der Waals surface area (Å²) >= 11 is 1.81. The Kier molecular flexibility index (Phi) is 5.31. The minimum Gasteiger partial charge on any atom is -0.488 e. The van der Waals surface area contributed by atoms with Crippen LogP contribution < -0.4 is 9.47 Å². The Morgan fingerprint density at radius 3 is 2.71 bits per heavy atom. The number of rotatable bonds is 6. The summed E-state index contributed by atoms with van der Waals surface area (Å²) in [5.74, 6) is 1.98. The zero-order valence-corrected chi connectivity index (χ0v) is 16.8. The third kappa shape index (κ3) is 3.87. The molecule has 3 nitrogen and oxygen atoms in total. The van der Waals surface area contributed by atoms with Crippen molar-refractivity contribution in [2.75, 3.05) is 6.61 Å². The summed E-state index contributed by atoms with van der Waals surface area (Å²) in [6.45, 7) is 5.28. The fourth-order valence-corrected chi connectivity index (χ4v) is 4.37. The van der Waals surface area contributed by atoms with Crippen molar-refractivity contribution >= 4 is 23.7 Å². The average Bonchev–Trinajstić information content (AvgIpc) is 3.17. The van der Waals surface area contributed by atoms with Gasteiger partial charge in [-0.05, 0) is 41.3 Å². The van der Waals surface area contributed by atoms with E-state index in [-0.39, 0.29) is 0 Å². The molecule has 1 aliphatic rings. The Morgan fingerprint density at radius 2 is 1.96 bits per heavy atom. The maximum absolute atomic E-state index is 10.9. The van der Waals surface area contributed by atoms with E-state index in [1.54, 1.807) is 0 Å². The summed E-state index contributed by atoms with van der Waals surface area (Å²) < 4.78 is 11.7. The molecule has 0 aliphatic carbocycles. The summed E-state index contributed by atoms with van der Waals surface area (Å²) in [4.78, 5) is 13.5. The zero-order valence-electron chi connectivity index (χ0n) is 16.0. The average molecular weight is 391 g/mol. The third-order valence-corrected chi connectivity index (χ3v) is 6.08. The van der Waals surface area contributed by atoms with Gasteiger partial charge in [0.2, 0.25) is 0 Å². The molecule has 142 valence electrons. The van der Waals surface area contributed by atoms with E-state index in [0.717, 1.165) is 23.3 Å². The fraction of sp³-hybridized carbons (Fsp3) is 0.208. The second kappa shape index (κ2) is 8.03. The number of thiophene rings is 1. The number of hydrogen-bond acceptors (Lipinski definition) is 4. The lowest BCUT2D eigenvalue weighted by atomic mass is 10.0. The maximum Gasteiger partial charge on any atom is 0.149 e. The van der Waals surface area contributed by atoms with Gasteiger partial charge in [-0.15, -0.1) is 11.3 Å². The van der Waals surface area contributed by atoms with E-state index < -0.39 is 0 Å². The van der Waals surface area contributed by atoms with Gasteiger partial charge in [-0.2, -0.15) is 0 Å². The standard InChI is InChI=1S/C24H22O3S/c1-16(2)24-22(18-6-4-3-5-7-18)12-21(28-24)15-26-20-9-8-19-10-17(13-25)14-27-23(19)11-20/h3-13,16H,14-15H2,1-2H3. The molecule has 0 fully saturated rings. The van der Waals surface area contributed by atoms with Crippen molar-refractivity contribution in [1.29, 1.82) is 0 Å². The quantitative estimate of drug-likeness (QED) is 0.478. The van der Waals surface area contributed by atoms with E-state index in [1.807, 2.05) is 41.7 Å². The van der Waals surface area contributed by atoms with Crippen molar-refractivity contribution in [1.82, 2.24) is 0 Å². The van der Waals surface area contributed by atoms with E-state index in [9.17, 15) is 4.79 Å². The molecule has 0 saturated carbocycles. The zero-order chi connectivity index (χ0) is 19.5. The second-order valence-corrected chi connectivity index (χ2v) is 8.29. The Morgan fingerprint density at radius 1 is 1.14 bits per heavy atom. The van der Waals surface area contributed by atoms with Crippen LogP contribution in [-0.4, -0.2) is 12.9 Å². The van der Waals surface area contributed by atoms with Gasteiger partial charge in [-0.1, -0.05) is 44.2 Å². The predicted molar refractivity (Wildman–Crippen MR) is 114 cm³/mol. The molecule has 0 spiro atoms. The van der Waals surface area contributed by atoms with Crippen LogP contribution in [0.25, 0.3) is 17.2 Å². The summed E-state index contributed by atoms with van der Waals surface area (Å²) in [5.41, 5.74) is 4.09. The molecule has 28 heavy (non-hydrogen) atoms. The van der Waals surface area contributed by atoms with Crippen molar-refractivity contribution in [3.8, 4) is 22.6 Å². The van der Waals surface area contributed by atoms with E-state index in [1.165, 1.54) is 20.9 Å². The van der Waals surface area contributed by atoms with E-state index in [4.69, 9.17) is 9.47 Å². The van der Waals surface area contributed by atoms with Gasteiger partial charge in [-0.25, -0.2) is 0 Å².